The summed E-state index contributed by atoms with van der Waals surface area (Å²) in [6.45, 7) is 0. The number of rotatable bonds is 2. The average molecular weight is 320 g/mol. The molecule has 0 saturated heterocycles. The molecule has 0 saturated carbocycles. The number of hydrogen-bond acceptors (Lipinski definition) is 3. The van der Waals surface area contributed by atoms with Gasteiger partial charge in [-0.1, -0.05) is 34.7 Å². The molecule has 0 aliphatic heterocycles. The van der Waals surface area contributed by atoms with Crippen LogP contribution in [0.4, 0.5) is 0 Å². The van der Waals surface area contributed by atoms with E-state index >= 15 is 0 Å². The van der Waals surface area contributed by atoms with Gasteiger partial charge in [0.2, 0.25) is 0 Å². The van der Waals surface area contributed by atoms with Crippen LogP contribution in [0.5, 0.6) is 0 Å². The number of benzene rings is 1. The van der Waals surface area contributed by atoms with Crippen LogP contribution in [-0.4, -0.2) is 13.0 Å². The second kappa shape index (κ2) is 5.67. The quantitative estimate of drug-likeness (QED) is 0.289. The molecular formula is C7H6INaO3S. The third-order valence-corrected chi connectivity index (χ3v) is 3.05. The Kier molecular flexibility index (Phi) is 6.05. The summed E-state index contributed by atoms with van der Waals surface area (Å²) in [5.41, 5.74) is 0.840. The minimum atomic E-state index is -4.29. The zero-order valence-corrected chi connectivity index (χ0v) is 12.0. The standard InChI is InChI=1S/C7H7IO3S.Na/c8-5-6-2-1-3-7(4-6)12(9,10)11;/h1-4H,5H2,(H,9,10,11);/q;+1/p-1. The van der Waals surface area contributed by atoms with E-state index in [2.05, 4.69) is 22.6 Å². The van der Waals surface area contributed by atoms with E-state index in [-0.39, 0.29) is 34.5 Å². The van der Waals surface area contributed by atoms with E-state index < -0.39 is 10.1 Å². The first kappa shape index (κ1) is 13.9. The molecule has 0 spiro atoms. The Bertz CT molecular complexity index is 377. The summed E-state index contributed by atoms with van der Waals surface area (Å²) < 4.78 is 32.3. The maximum absolute atomic E-state index is 10.5. The second-order valence-electron chi connectivity index (χ2n) is 2.24. The molecule has 0 radical (unpaired) electrons. The van der Waals surface area contributed by atoms with Crippen LogP contribution in [0.25, 0.3) is 0 Å². The Morgan fingerprint density at radius 1 is 1.38 bits per heavy atom. The molecule has 0 heterocycles. The maximum Gasteiger partial charge on any atom is 1.00 e. The van der Waals surface area contributed by atoms with Gasteiger partial charge in [-0.15, -0.1) is 0 Å². The smallest absolute Gasteiger partial charge is 0.744 e. The van der Waals surface area contributed by atoms with E-state index in [0.29, 0.717) is 4.43 Å². The van der Waals surface area contributed by atoms with Gasteiger partial charge in [-0.2, -0.15) is 0 Å². The molecule has 13 heavy (non-hydrogen) atoms. The monoisotopic (exact) mass is 320 g/mol. The summed E-state index contributed by atoms with van der Waals surface area (Å²) in [4.78, 5) is -0.156. The zero-order valence-electron chi connectivity index (χ0n) is 7.03. The molecule has 3 nitrogen and oxygen atoms in total. The predicted octanol–water partition coefficient (Wildman–Crippen LogP) is -1.47. The van der Waals surface area contributed by atoms with Crippen molar-refractivity contribution in [1.29, 1.82) is 0 Å². The minimum Gasteiger partial charge on any atom is -0.744 e. The van der Waals surface area contributed by atoms with Gasteiger partial charge in [-0.25, -0.2) is 8.42 Å². The summed E-state index contributed by atoms with van der Waals surface area (Å²) in [7, 11) is -4.29. The van der Waals surface area contributed by atoms with E-state index in [0.717, 1.165) is 5.56 Å². The van der Waals surface area contributed by atoms with Gasteiger partial charge in [0, 0.05) is 4.43 Å². The molecule has 1 aromatic rings. The fraction of sp³-hybridized carbons (Fsp3) is 0.143. The normalized spacial score (nSPS) is 10.6. The van der Waals surface area contributed by atoms with Gasteiger partial charge in [0.1, 0.15) is 10.1 Å². The van der Waals surface area contributed by atoms with Crippen LogP contribution in [0.1, 0.15) is 5.56 Å². The van der Waals surface area contributed by atoms with Crippen molar-refractivity contribution in [3.05, 3.63) is 29.8 Å². The first-order valence-corrected chi connectivity index (χ1v) is 6.08. The van der Waals surface area contributed by atoms with Crippen molar-refractivity contribution in [1.82, 2.24) is 0 Å². The van der Waals surface area contributed by atoms with Crippen LogP contribution >= 0.6 is 22.6 Å². The largest absolute Gasteiger partial charge is 1.00 e. The molecule has 0 atom stereocenters. The molecule has 0 N–H and O–H groups in total. The summed E-state index contributed by atoms with van der Waals surface area (Å²) >= 11 is 2.10. The fourth-order valence-electron chi connectivity index (χ4n) is 0.784. The first-order valence-electron chi connectivity index (χ1n) is 3.15. The molecular weight excluding hydrogens is 314 g/mol. The summed E-state index contributed by atoms with van der Waals surface area (Å²) in [5, 5.41) is 0. The summed E-state index contributed by atoms with van der Waals surface area (Å²) in [6, 6.07) is 6.05. The van der Waals surface area contributed by atoms with Crippen LogP contribution in [-0.2, 0) is 14.5 Å². The SMILES string of the molecule is O=S(=O)([O-])c1cccc(CI)c1.[Na+]. The van der Waals surface area contributed by atoms with Gasteiger partial charge in [0.05, 0.1) is 4.90 Å². The van der Waals surface area contributed by atoms with Gasteiger partial charge in [0.15, 0.2) is 0 Å². The maximum atomic E-state index is 10.5. The van der Waals surface area contributed by atoms with Gasteiger partial charge in [0.25, 0.3) is 0 Å². The van der Waals surface area contributed by atoms with E-state index in [9.17, 15) is 13.0 Å². The summed E-state index contributed by atoms with van der Waals surface area (Å²) in [6.07, 6.45) is 0. The molecule has 0 fully saturated rings. The number of hydrogen-bond donors (Lipinski definition) is 0. The Morgan fingerprint density at radius 3 is 2.46 bits per heavy atom. The van der Waals surface area contributed by atoms with Crippen molar-refractivity contribution in [2.75, 3.05) is 0 Å². The van der Waals surface area contributed by atoms with Crippen molar-refractivity contribution in [2.45, 2.75) is 9.32 Å². The minimum absolute atomic E-state index is 0. The summed E-state index contributed by atoms with van der Waals surface area (Å²) in [5.74, 6) is 0. The Balaban J connectivity index is 0.00000144. The third-order valence-electron chi connectivity index (χ3n) is 1.34. The zero-order chi connectivity index (χ0) is 9.19. The van der Waals surface area contributed by atoms with Crippen molar-refractivity contribution in [2.24, 2.45) is 0 Å². The molecule has 0 aliphatic rings. The average Bonchev–Trinajstić information content (AvgIpc) is 2.03. The van der Waals surface area contributed by atoms with Crippen LogP contribution in [0.2, 0.25) is 0 Å². The molecule has 0 unspecified atom stereocenters. The van der Waals surface area contributed by atoms with E-state index in [1.54, 1.807) is 12.1 Å². The predicted molar refractivity (Wildman–Crippen MR) is 52.1 cm³/mol. The molecule has 1 aromatic carbocycles. The van der Waals surface area contributed by atoms with Crippen molar-refractivity contribution in [3.63, 3.8) is 0 Å². The Hall–Kier alpha value is 0.860. The molecule has 6 heteroatoms. The van der Waals surface area contributed by atoms with E-state index in [1.807, 2.05) is 0 Å². The molecule has 0 aliphatic carbocycles. The van der Waals surface area contributed by atoms with Gasteiger partial charge in [-0.05, 0) is 17.7 Å². The second-order valence-corrected chi connectivity index (χ2v) is 4.38. The first-order chi connectivity index (χ1) is 5.54. The Morgan fingerprint density at radius 2 is 2.00 bits per heavy atom. The van der Waals surface area contributed by atoms with Crippen LogP contribution < -0.4 is 29.6 Å². The fourth-order valence-corrected chi connectivity index (χ4v) is 1.80. The molecule has 0 bridgehead atoms. The van der Waals surface area contributed by atoms with E-state index in [4.69, 9.17) is 0 Å². The van der Waals surface area contributed by atoms with Crippen LogP contribution in [0, 0.1) is 0 Å². The molecule has 0 aromatic heterocycles. The van der Waals surface area contributed by atoms with Crippen LogP contribution in [0.3, 0.4) is 0 Å². The van der Waals surface area contributed by atoms with Gasteiger partial charge >= 0.3 is 29.6 Å². The van der Waals surface area contributed by atoms with E-state index in [1.165, 1.54) is 12.1 Å². The van der Waals surface area contributed by atoms with Gasteiger partial charge < -0.3 is 4.55 Å². The van der Waals surface area contributed by atoms with Crippen molar-refractivity contribution >= 4 is 32.7 Å². The number of halogens is 1. The van der Waals surface area contributed by atoms with Crippen molar-refractivity contribution < 1.29 is 42.5 Å². The van der Waals surface area contributed by atoms with Gasteiger partial charge in [-0.3, -0.25) is 0 Å². The topological polar surface area (TPSA) is 57.2 Å². The molecule has 0 amide bonds. The molecule has 1 rings (SSSR count). The van der Waals surface area contributed by atoms with Crippen molar-refractivity contribution in [3.8, 4) is 0 Å². The number of alkyl halides is 1. The molecule has 66 valence electrons. The Labute approximate surface area is 113 Å². The third kappa shape index (κ3) is 4.26. The van der Waals surface area contributed by atoms with Crippen LogP contribution in [0.15, 0.2) is 29.2 Å².